The van der Waals surface area contributed by atoms with Crippen LogP contribution in [0.2, 0.25) is 0 Å². The van der Waals surface area contributed by atoms with Gasteiger partial charge in [-0.3, -0.25) is 4.90 Å². The van der Waals surface area contributed by atoms with Crippen LogP contribution in [0.1, 0.15) is 46.5 Å². The fraction of sp³-hybridized carbons (Fsp3) is 1.00. The quantitative estimate of drug-likeness (QED) is 0.795. The van der Waals surface area contributed by atoms with Gasteiger partial charge < -0.3 is 10.1 Å². The van der Waals surface area contributed by atoms with E-state index in [0.29, 0.717) is 12.1 Å². The van der Waals surface area contributed by atoms with Crippen LogP contribution in [-0.2, 0) is 4.74 Å². The molecule has 0 aliphatic carbocycles. The van der Waals surface area contributed by atoms with E-state index in [9.17, 15) is 0 Å². The first-order valence-electron chi connectivity index (χ1n) is 7.19. The van der Waals surface area contributed by atoms with Crippen molar-refractivity contribution in [2.24, 2.45) is 0 Å². The van der Waals surface area contributed by atoms with Gasteiger partial charge in [0.25, 0.3) is 0 Å². The second-order valence-corrected chi connectivity index (χ2v) is 6.29. The number of nitrogens with one attached hydrogen (secondary N) is 1. The van der Waals surface area contributed by atoms with E-state index in [1.54, 1.807) is 0 Å². The lowest BCUT2D eigenvalue weighted by molar-refractivity contribution is -0.0145. The normalized spacial score (nSPS) is 30.9. The maximum absolute atomic E-state index is 5.98. The lowest BCUT2D eigenvalue weighted by Gasteiger charge is -2.25. The molecule has 1 N–H and O–H groups in total. The van der Waals surface area contributed by atoms with Gasteiger partial charge in [0.15, 0.2) is 0 Å². The van der Waals surface area contributed by atoms with Crippen molar-refractivity contribution < 1.29 is 4.74 Å². The van der Waals surface area contributed by atoms with Gasteiger partial charge in [-0.1, -0.05) is 0 Å². The van der Waals surface area contributed by atoms with Crippen molar-refractivity contribution in [3.8, 4) is 0 Å². The summed E-state index contributed by atoms with van der Waals surface area (Å²) in [4.78, 5) is 2.59. The minimum atomic E-state index is 0.104. The molecule has 0 amide bonds. The largest absolute Gasteiger partial charge is 0.371 e. The lowest BCUT2D eigenvalue weighted by Crippen LogP contribution is -2.41. The minimum absolute atomic E-state index is 0.104. The Morgan fingerprint density at radius 1 is 1.35 bits per heavy atom. The molecule has 100 valence electrons. The molecule has 0 spiro atoms. The molecule has 3 heteroatoms. The zero-order valence-electron chi connectivity index (χ0n) is 11.7. The van der Waals surface area contributed by atoms with Gasteiger partial charge in [-0.05, 0) is 59.5 Å². The van der Waals surface area contributed by atoms with Crippen LogP contribution >= 0.6 is 0 Å². The molecule has 2 unspecified atom stereocenters. The van der Waals surface area contributed by atoms with Gasteiger partial charge in [0.2, 0.25) is 0 Å². The van der Waals surface area contributed by atoms with E-state index < -0.39 is 0 Å². The summed E-state index contributed by atoms with van der Waals surface area (Å²) in [5.74, 6) is 0. The molecule has 3 nitrogen and oxygen atoms in total. The van der Waals surface area contributed by atoms with Crippen LogP contribution in [0.5, 0.6) is 0 Å². The number of hydrogen-bond acceptors (Lipinski definition) is 3. The van der Waals surface area contributed by atoms with Crippen LogP contribution in [0.25, 0.3) is 0 Å². The minimum Gasteiger partial charge on any atom is -0.371 e. The van der Waals surface area contributed by atoms with E-state index in [-0.39, 0.29) is 5.60 Å². The van der Waals surface area contributed by atoms with Crippen LogP contribution in [0, 0.1) is 0 Å². The van der Waals surface area contributed by atoms with Gasteiger partial charge in [0, 0.05) is 19.1 Å². The summed E-state index contributed by atoms with van der Waals surface area (Å²) in [7, 11) is 0. The summed E-state index contributed by atoms with van der Waals surface area (Å²) in [5.41, 5.74) is 0.104. The fourth-order valence-corrected chi connectivity index (χ4v) is 2.99. The molecule has 2 aliphatic rings. The average Bonchev–Trinajstić information content (AvgIpc) is 2.87. The maximum Gasteiger partial charge on any atom is 0.0707 e. The molecule has 2 saturated heterocycles. The molecule has 0 aromatic carbocycles. The van der Waals surface area contributed by atoms with E-state index in [1.165, 1.54) is 38.8 Å². The fourth-order valence-electron chi connectivity index (χ4n) is 2.99. The Kier molecular flexibility index (Phi) is 4.45. The van der Waals surface area contributed by atoms with Crippen molar-refractivity contribution in [3.05, 3.63) is 0 Å². The predicted molar refractivity (Wildman–Crippen MR) is 71.3 cm³/mol. The van der Waals surface area contributed by atoms with E-state index >= 15 is 0 Å². The Morgan fingerprint density at radius 3 is 2.65 bits per heavy atom. The van der Waals surface area contributed by atoms with Crippen LogP contribution in [0.4, 0.5) is 0 Å². The molecular formula is C14H28N2O. The molecule has 0 saturated carbocycles. The second-order valence-electron chi connectivity index (χ2n) is 6.29. The van der Waals surface area contributed by atoms with Gasteiger partial charge in [-0.2, -0.15) is 0 Å². The second kappa shape index (κ2) is 5.68. The van der Waals surface area contributed by atoms with Crippen molar-refractivity contribution in [2.75, 3.05) is 26.2 Å². The molecule has 2 atom stereocenters. The third-order valence-electron chi connectivity index (χ3n) is 4.13. The number of nitrogens with zero attached hydrogens (tertiary/aromatic N) is 1. The molecular weight excluding hydrogens is 212 g/mol. The first-order valence-corrected chi connectivity index (χ1v) is 7.19. The highest BCUT2D eigenvalue weighted by Gasteiger charge is 2.31. The highest BCUT2D eigenvalue weighted by molar-refractivity contribution is 4.82. The van der Waals surface area contributed by atoms with Crippen molar-refractivity contribution in [1.29, 1.82) is 0 Å². The van der Waals surface area contributed by atoms with Crippen molar-refractivity contribution in [1.82, 2.24) is 10.2 Å². The SMILES string of the molecule is CC(CNCC1CCC(C)(C)O1)N1CCCC1. The van der Waals surface area contributed by atoms with Crippen molar-refractivity contribution in [3.63, 3.8) is 0 Å². The molecule has 0 bridgehead atoms. The summed E-state index contributed by atoms with van der Waals surface area (Å²) >= 11 is 0. The van der Waals surface area contributed by atoms with Crippen LogP contribution < -0.4 is 5.32 Å². The van der Waals surface area contributed by atoms with E-state index in [4.69, 9.17) is 4.74 Å². The van der Waals surface area contributed by atoms with Gasteiger partial charge in [-0.15, -0.1) is 0 Å². The molecule has 2 aliphatic heterocycles. The van der Waals surface area contributed by atoms with Gasteiger partial charge in [0.1, 0.15) is 0 Å². The molecule has 2 rings (SSSR count). The standard InChI is InChI=1S/C14H28N2O/c1-12(16-8-4-5-9-16)10-15-11-13-6-7-14(2,3)17-13/h12-13,15H,4-11H2,1-3H3. The Balaban J connectivity index is 1.59. The van der Waals surface area contributed by atoms with Crippen LogP contribution in [-0.4, -0.2) is 48.8 Å². The van der Waals surface area contributed by atoms with E-state index in [1.807, 2.05) is 0 Å². The summed E-state index contributed by atoms with van der Waals surface area (Å²) in [6.45, 7) is 11.4. The molecule has 2 fully saturated rings. The lowest BCUT2D eigenvalue weighted by atomic mass is 10.1. The highest BCUT2D eigenvalue weighted by atomic mass is 16.5. The first-order chi connectivity index (χ1) is 8.07. The van der Waals surface area contributed by atoms with Gasteiger partial charge in [-0.25, -0.2) is 0 Å². The van der Waals surface area contributed by atoms with Crippen LogP contribution in [0.3, 0.4) is 0 Å². The van der Waals surface area contributed by atoms with Gasteiger partial charge in [0.05, 0.1) is 11.7 Å². The topological polar surface area (TPSA) is 24.5 Å². The van der Waals surface area contributed by atoms with Crippen molar-refractivity contribution >= 4 is 0 Å². The Bertz CT molecular complexity index is 234. The molecule has 17 heavy (non-hydrogen) atoms. The first kappa shape index (κ1) is 13.3. The third kappa shape index (κ3) is 3.94. The highest BCUT2D eigenvalue weighted by Crippen LogP contribution is 2.28. The third-order valence-corrected chi connectivity index (χ3v) is 4.13. The number of ether oxygens (including phenoxy) is 1. The zero-order valence-corrected chi connectivity index (χ0v) is 11.7. The van der Waals surface area contributed by atoms with Crippen molar-refractivity contribution in [2.45, 2.75) is 64.2 Å². The molecule has 2 heterocycles. The molecule has 0 aromatic heterocycles. The predicted octanol–water partition coefficient (Wildman–Crippen LogP) is 2.02. The number of hydrogen-bond donors (Lipinski definition) is 1. The smallest absolute Gasteiger partial charge is 0.0707 e. The van der Waals surface area contributed by atoms with Gasteiger partial charge >= 0.3 is 0 Å². The number of rotatable bonds is 5. The summed E-state index contributed by atoms with van der Waals surface area (Å²) in [5, 5.41) is 3.58. The average molecular weight is 240 g/mol. The summed E-state index contributed by atoms with van der Waals surface area (Å²) < 4.78 is 5.98. The monoisotopic (exact) mass is 240 g/mol. The molecule has 0 aromatic rings. The Hall–Kier alpha value is -0.120. The zero-order chi connectivity index (χ0) is 12.3. The Labute approximate surface area is 106 Å². The molecule has 0 radical (unpaired) electrons. The summed E-state index contributed by atoms with van der Waals surface area (Å²) in [6.07, 6.45) is 5.59. The summed E-state index contributed by atoms with van der Waals surface area (Å²) in [6, 6.07) is 0.673. The van der Waals surface area contributed by atoms with E-state index in [2.05, 4.69) is 31.0 Å². The maximum atomic E-state index is 5.98. The van der Waals surface area contributed by atoms with E-state index in [0.717, 1.165) is 13.1 Å². The number of likely N-dealkylation sites (tertiary alicyclic amines) is 1. The van der Waals surface area contributed by atoms with Crippen LogP contribution in [0.15, 0.2) is 0 Å². The Morgan fingerprint density at radius 2 is 2.06 bits per heavy atom.